The highest BCUT2D eigenvalue weighted by atomic mass is 16.2. The van der Waals surface area contributed by atoms with Crippen molar-refractivity contribution in [3.8, 4) is 0 Å². The van der Waals surface area contributed by atoms with Gasteiger partial charge in [-0.05, 0) is 18.2 Å². The number of amides is 2. The van der Waals surface area contributed by atoms with E-state index in [4.69, 9.17) is 5.73 Å². The Balaban J connectivity index is 2.13. The summed E-state index contributed by atoms with van der Waals surface area (Å²) in [7, 11) is 1.74. The number of carbonyl (C=O) groups excluding carboxylic acids is 2. The normalized spacial score (nSPS) is 16.2. The highest BCUT2D eigenvalue weighted by molar-refractivity contribution is 5.97. The molecule has 1 heterocycles. The molecule has 2 N–H and O–H groups in total. The first-order valence-corrected chi connectivity index (χ1v) is 5.46. The van der Waals surface area contributed by atoms with Gasteiger partial charge in [-0.25, -0.2) is 0 Å². The van der Waals surface area contributed by atoms with Crippen LogP contribution in [0.3, 0.4) is 0 Å². The van der Waals surface area contributed by atoms with Gasteiger partial charge in [-0.3, -0.25) is 9.59 Å². The lowest BCUT2D eigenvalue weighted by Gasteiger charge is -2.32. The minimum atomic E-state index is -0.140. The van der Waals surface area contributed by atoms with Crippen molar-refractivity contribution in [3.63, 3.8) is 0 Å². The molecule has 1 aliphatic rings. The summed E-state index contributed by atoms with van der Waals surface area (Å²) in [6.45, 7) is 1.28. The van der Waals surface area contributed by atoms with Crippen molar-refractivity contribution in [2.45, 2.75) is 0 Å². The first-order valence-electron chi connectivity index (χ1n) is 5.46. The van der Waals surface area contributed by atoms with Crippen molar-refractivity contribution in [2.75, 3.05) is 32.4 Å². The zero-order valence-corrected chi connectivity index (χ0v) is 9.72. The lowest BCUT2D eigenvalue weighted by Crippen LogP contribution is -2.50. The summed E-state index contributed by atoms with van der Waals surface area (Å²) >= 11 is 0. The average Bonchev–Trinajstić information content (AvgIpc) is 2.32. The van der Waals surface area contributed by atoms with E-state index in [-0.39, 0.29) is 18.4 Å². The highest BCUT2D eigenvalue weighted by Gasteiger charge is 2.25. The Morgan fingerprint density at radius 2 is 2.12 bits per heavy atom. The number of nitrogens with zero attached hydrogens (tertiary/aromatic N) is 2. The molecule has 1 aromatic carbocycles. The van der Waals surface area contributed by atoms with E-state index in [9.17, 15) is 9.59 Å². The van der Waals surface area contributed by atoms with Crippen LogP contribution in [0.5, 0.6) is 0 Å². The Bertz CT molecular complexity index is 459. The van der Waals surface area contributed by atoms with E-state index in [1.54, 1.807) is 41.1 Å². The zero-order chi connectivity index (χ0) is 12.4. The Morgan fingerprint density at radius 1 is 1.35 bits per heavy atom. The van der Waals surface area contributed by atoms with Gasteiger partial charge < -0.3 is 15.5 Å². The molecule has 1 saturated heterocycles. The summed E-state index contributed by atoms with van der Waals surface area (Å²) < 4.78 is 0. The second kappa shape index (κ2) is 4.45. The van der Waals surface area contributed by atoms with Crippen LogP contribution >= 0.6 is 0 Å². The van der Waals surface area contributed by atoms with E-state index in [0.29, 0.717) is 24.3 Å². The molecular weight excluding hydrogens is 218 g/mol. The van der Waals surface area contributed by atoms with E-state index >= 15 is 0 Å². The Kier molecular flexibility index (Phi) is 2.99. The van der Waals surface area contributed by atoms with Crippen molar-refractivity contribution >= 4 is 17.5 Å². The molecule has 0 radical (unpaired) electrons. The molecule has 0 unspecified atom stereocenters. The topological polar surface area (TPSA) is 66.6 Å². The number of likely N-dealkylation sites (N-methyl/N-ethyl adjacent to an activating group) is 1. The molecule has 0 aliphatic carbocycles. The maximum atomic E-state index is 12.1. The second-order valence-corrected chi connectivity index (χ2v) is 4.17. The average molecular weight is 233 g/mol. The van der Waals surface area contributed by atoms with Gasteiger partial charge >= 0.3 is 0 Å². The zero-order valence-electron chi connectivity index (χ0n) is 9.72. The summed E-state index contributed by atoms with van der Waals surface area (Å²) in [6, 6.07) is 6.80. The van der Waals surface area contributed by atoms with Gasteiger partial charge in [-0.1, -0.05) is 6.07 Å². The molecule has 0 atom stereocenters. The van der Waals surface area contributed by atoms with Crippen molar-refractivity contribution < 1.29 is 9.59 Å². The smallest absolute Gasteiger partial charge is 0.254 e. The minimum absolute atomic E-state index is 0.0338. The summed E-state index contributed by atoms with van der Waals surface area (Å²) in [4.78, 5) is 26.8. The van der Waals surface area contributed by atoms with Gasteiger partial charge in [0.1, 0.15) is 6.54 Å². The SMILES string of the molecule is CN1CCN(C(=O)c2cccc(N)c2)CC1=O. The number of piperazine rings is 1. The Morgan fingerprint density at radius 3 is 2.76 bits per heavy atom. The van der Waals surface area contributed by atoms with Crippen LogP contribution in [-0.4, -0.2) is 48.3 Å². The number of benzene rings is 1. The molecule has 5 heteroatoms. The van der Waals surface area contributed by atoms with E-state index in [1.165, 1.54) is 0 Å². The molecule has 0 aromatic heterocycles. The van der Waals surface area contributed by atoms with E-state index in [2.05, 4.69) is 0 Å². The number of nitrogens with two attached hydrogens (primary N) is 1. The molecule has 1 aromatic rings. The van der Waals surface area contributed by atoms with Crippen LogP contribution in [0, 0.1) is 0 Å². The summed E-state index contributed by atoms with van der Waals surface area (Å²) in [5, 5.41) is 0. The lowest BCUT2D eigenvalue weighted by atomic mass is 10.1. The van der Waals surface area contributed by atoms with Crippen molar-refractivity contribution in [3.05, 3.63) is 29.8 Å². The number of nitrogen functional groups attached to an aromatic ring is 1. The molecule has 2 amide bonds. The van der Waals surface area contributed by atoms with Crippen LogP contribution in [0.25, 0.3) is 0 Å². The number of carbonyl (C=O) groups is 2. The largest absolute Gasteiger partial charge is 0.399 e. The van der Waals surface area contributed by atoms with Crippen LogP contribution < -0.4 is 5.73 Å². The maximum absolute atomic E-state index is 12.1. The molecule has 2 rings (SSSR count). The lowest BCUT2D eigenvalue weighted by molar-refractivity contribution is -0.133. The predicted molar refractivity (Wildman–Crippen MR) is 64.4 cm³/mol. The number of hydrogen-bond donors (Lipinski definition) is 1. The fourth-order valence-electron chi connectivity index (χ4n) is 1.79. The predicted octanol–water partition coefficient (Wildman–Crippen LogP) is 0.183. The third kappa shape index (κ3) is 2.38. The van der Waals surface area contributed by atoms with Gasteiger partial charge in [0, 0.05) is 31.4 Å². The van der Waals surface area contributed by atoms with Gasteiger partial charge in [0.2, 0.25) is 5.91 Å². The maximum Gasteiger partial charge on any atom is 0.254 e. The number of anilines is 1. The van der Waals surface area contributed by atoms with Gasteiger partial charge in [0.15, 0.2) is 0 Å². The van der Waals surface area contributed by atoms with E-state index < -0.39 is 0 Å². The molecule has 90 valence electrons. The molecule has 1 aliphatic heterocycles. The van der Waals surface area contributed by atoms with E-state index in [0.717, 1.165) is 0 Å². The summed E-state index contributed by atoms with van der Waals surface area (Å²) in [5.41, 5.74) is 6.71. The molecule has 17 heavy (non-hydrogen) atoms. The standard InChI is InChI=1S/C12H15N3O2/c1-14-5-6-15(8-11(14)16)12(17)9-3-2-4-10(13)7-9/h2-4,7H,5-6,8,13H2,1H3. The highest BCUT2D eigenvalue weighted by Crippen LogP contribution is 2.11. The molecule has 0 saturated carbocycles. The van der Waals surface area contributed by atoms with Crippen molar-refractivity contribution in [1.82, 2.24) is 9.80 Å². The van der Waals surface area contributed by atoms with Crippen LogP contribution in [0.15, 0.2) is 24.3 Å². The van der Waals surface area contributed by atoms with Crippen LogP contribution in [0.1, 0.15) is 10.4 Å². The molecular formula is C12H15N3O2. The first-order chi connectivity index (χ1) is 8.08. The number of hydrogen-bond acceptors (Lipinski definition) is 3. The minimum Gasteiger partial charge on any atom is -0.399 e. The van der Waals surface area contributed by atoms with Gasteiger partial charge in [-0.15, -0.1) is 0 Å². The molecule has 0 spiro atoms. The first kappa shape index (κ1) is 11.4. The van der Waals surface area contributed by atoms with Gasteiger partial charge in [0.25, 0.3) is 5.91 Å². The molecule has 5 nitrogen and oxygen atoms in total. The van der Waals surface area contributed by atoms with Crippen LogP contribution in [0.4, 0.5) is 5.69 Å². The third-order valence-electron chi connectivity index (χ3n) is 2.88. The monoisotopic (exact) mass is 233 g/mol. The molecule has 0 bridgehead atoms. The Hall–Kier alpha value is -2.04. The Labute approximate surface area is 99.8 Å². The van der Waals surface area contributed by atoms with Gasteiger partial charge in [0.05, 0.1) is 0 Å². The second-order valence-electron chi connectivity index (χ2n) is 4.17. The number of rotatable bonds is 1. The summed E-state index contributed by atoms with van der Waals surface area (Å²) in [5.74, 6) is -0.174. The van der Waals surface area contributed by atoms with Crippen molar-refractivity contribution in [2.24, 2.45) is 0 Å². The fraction of sp³-hybridized carbons (Fsp3) is 0.333. The fourth-order valence-corrected chi connectivity index (χ4v) is 1.79. The van der Waals surface area contributed by atoms with Crippen LogP contribution in [-0.2, 0) is 4.79 Å². The van der Waals surface area contributed by atoms with Gasteiger partial charge in [-0.2, -0.15) is 0 Å². The van der Waals surface area contributed by atoms with E-state index in [1.807, 2.05) is 0 Å². The molecule has 1 fully saturated rings. The van der Waals surface area contributed by atoms with Crippen molar-refractivity contribution in [1.29, 1.82) is 0 Å². The third-order valence-corrected chi connectivity index (χ3v) is 2.88. The quantitative estimate of drug-likeness (QED) is 0.704. The van der Waals surface area contributed by atoms with Crippen LogP contribution in [0.2, 0.25) is 0 Å². The summed E-state index contributed by atoms with van der Waals surface area (Å²) in [6.07, 6.45) is 0.